The van der Waals surface area contributed by atoms with Crippen molar-refractivity contribution in [2.24, 2.45) is 44.8 Å². The van der Waals surface area contributed by atoms with Crippen LogP contribution < -0.4 is 0 Å². The third kappa shape index (κ3) is 7.42. The maximum atomic E-state index is 14.1. The van der Waals surface area contributed by atoms with Crippen LogP contribution in [0.4, 0.5) is 0 Å². The SMILES string of the molecule is C[C@H](CCCc1ccccc1)CC[C@H](O)[C@]12[C@H](O)CC[C@@](C)(C3CCC4(CC3)CCC3(CCCC3)C4)[C@@H]1[C@H]1C[C@](C)(C#CCCC(=O)O1)[C@]2(O)CCC1=CC(=O)OC1. The van der Waals surface area contributed by atoms with Gasteiger partial charge in [-0.2, -0.15) is 0 Å². The molecule has 5 aliphatic carbocycles. The summed E-state index contributed by atoms with van der Waals surface area (Å²) in [5.41, 5.74) is -1.48. The van der Waals surface area contributed by atoms with Gasteiger partial charge in [-0.25, -0.2) is 4.79 Å². The number of aryl methyl sites for hydroxylation is 1. The predicted octanol–water partition coefficient (Wildman–Crippen LogP) is 9.58. The molecule has 2 heterocycles. The first kappa shape index (κ1) is 42.0. The Kier molecular flexibility index (Phi) is 11.8. The molecule has 7 aliphatic rings. The lowest BCUT2D eigenvalue weighted by Crippen LogP contribution is -2.79. The van der Waals surface area contributed by atoms with Gasteiger partial charge in [0.15, 0.2) is 0 Å². The van der Waals surface area contributed by atoms with Gasteiger partial charge in [0.05, 0.1) is 35.1 Å². The second kappa shape index (κ2) is 16.3. The number of ether oxygens (including phenoxy) is 2. The monoisotopic (exact) mass is 797 g/mol. The zero-order valence-electron chi connectivity index (χ0n) is 35.9. The molecule has 5 saturated carbocycles. The highest BCUT2D eigenvalue weighted by molar-refractivity contribution is 5.85. The Morgan fingerprint density at radius 3 is 2.33 bits per heavy atom. The minimum atomic E-state index is -1.66. The fourth-order valence-electron chi connectivity index (χ4n) is 15.0. The summed E-state index contributed by atoms with van der Waals surface area (Å²) in [4.78, 5) is 25.9. The minimum absolute atomic E-state index is 0.181. The molecule has 0 saturated heterocycles. The molecule has 2 spiro atoms. The molecular weight excluding hydrogens is 725 g/mol. The fourth-order valence-corrected chi connectivity index (χ4v) is 15.0. The van der Waals surface area contributed by atoms with E-state index in [1.54, 1.807) is 0 Å². The number of fused-ring (bicyclic) bond motifs is 4. The second-order valence-corrected chi connectivity index (χ2v) is 21.3. The van der Waals surface area contributed by atoms with Gasteiger partial charge in [0.25, 0.3) is 0 Å². The molecule has 7 nitrogen and oxygen atoms in total. The molecule has 2 aliphatic heterocycles. The number of carbonyl (C=O) groups excluding carboxylic acids is 2. The Morgan fingerprint density at radius 1 is 0.897 bits per heavy atom. The van der Waals surface area contributed by atoms with Gasteiger partial charge in [0.2, 0.25) is 0 Å². The molecule has 2 bridgehead atoms. The van der Waals surface area contributed by atoms with E-state index in [0.29, 0.717) is 54.8 Å². The quantitative estimate of drug-likeness (QED) is 0.143. The van der Waals surface area contributed by atoms with Crippen LogP contribution in [0.3, 0.4) is 0 Å². The van der Waals surface area contributed by atoms with E-state index in [4.69, 9.17) is 9.47 Å². The van der Waals surface area contributed by atoms with Crippen molar-refractivity contribution < 1.29 is 34.4 Å². The third-order valence-electron chi connectivity index (χ3n) is 18.0. The molecule has 5 fully saturated rings. The zero-order valence-corrected chi connectivity index (χ0v) is 35.9. The molecule has 9 atom stereocenters. The molecular formula is C51H72O7. The number of benzene rings is 1. The van der Waals surface area contributed by atoms with Crippen molar-refractivity contribution in [2.45, 2.75) is 192 Å². The van der Waals surface area contributed by atoms with E-state index in [1.165, 1.54) is 69.4 Å². The normalized spacial score (nSPS) is 40.3. The van der Waals surface area contributed by atoms with Gasteiger partial charge in [0, 0.05) is 24.8 Å². The number of carbonyl (C=O) groups is 2. The Bertz CT molecular complexity index is 1740. The van der Waals surface area contributed by atoms with Crippen LogP contribution in [0, 0.1) is 56.7 Å². The van der Waals surface area contributed by atoms with E-state index < -0.39 is 46.1 Å². The number of hydrogen-bond acceptors (Lipinski definition) is 7. The summed E-state index contributed by atoms with van der Waals surface area (Å²) >= 11 is 0. The van der Waals surface area contributed by atoms with Gasteiger partial charge >= 0.3 is 11.9 Å². The number of aliphatic hydroxyl groups is 3. The Labute approximate surface area is 348 Å². The summed E-state index contributed by atoms with van der Waals surface area (Å²) in [6.07, 6.45) is 19.9. The first-order chi connectivity index (χ1) is 27.8. The molecule has 0 aromatic heterocycles. The average Bonchev–Trinajstić information content (AvgIpc) is 3.95. The zero-order chi connectivity index (χ0) is 40.8. The topological polar surface area (TPSA) is 113 Å². The van der Waals surface area contributed by atoms with Crippen LogP contribution in [0.2, 0.25) is 0 Å². The molecule has 318 valence electrons. The number of hydrogen-bond donors (Lipinski definition) is 3. The standard InChI is InChI=1S/C51H72O7/c1-36(12-11-15-37-13-5-4-6-14-37)17-18-41(52)51-42(53)22-26-47(3,39-20-27-49(28-21-39)31-30-48(35-49)24-9-10-25-48)45(51)40-33-46(2,23-8-7-16-43(54)58-40)50(51,56)29-19-38-32-44(55)57-34-38/h4-6,13-14,32,36,39-42,45,52-53,56H,7,9-12,15-22,24-31,33-35H2,1-3H3/t36-,39?,40-,41+,42-,45+,46+,47+,49?,50-,51+/m1/s1. The van der Waals surface area contributed by atoms with Gasteiger partial charge in [-0.15, -0.1) is 5.92 Å². The minimum Gasteiger partial charge on any atom is -0.462 e. The average molecular weight is 797 g/mol. The van der Waals surface area contributed by atoms with Crippen LogP contribution in [0.15, 0.2) is 42.0 Å². The highest BCUT2D eigenvalue weighted by Crippen LogP contribution is 2.73. The summed E-state index contributed by atoms with van der Waals surface area (Å²) in [6.45, 7) is 6.79. The number of cyclic esters (lactones) is 1. The highest BCUT2D eigenvalue weighted by atomic mass is 16.5. The molecule has 8 rings (SSSR count). The van der Waals surface area contributed by atoms with Gasteiger partial charge < -0.3 is 24.8 Å². The van der Waals surface area contributed by atoms with Gasteiger partial charge in [-0.1, -0.05) is 69.4 Å². The van der Waals surface area contributed by atoms with E-state index in [9.17, 15) is 24.9 Å². The predicted molar refractivity (Wildman–Crippen MR) is 225 cm³/mol. The Hall–Kier alpha value is -2.66. The summed E-state index contributed by atoms with van der Waals surface area (Å²) in [5, 5.41) is 40.2. The van der Waals surface area contributed by atoms with E-state index in [2.05, 4.69) is 50.0 Å². The number of esters is 2. The van der Waals surface area contributed by atoms with E-state index in [-0.39, 0.29) is 31.4 Å². The molecule has 7 heteroatoms. The van der Waals surface area contributed by atoms with Crippen LogP contribution in [0.5, 0.6) is 0 Å². The maximum Gasteiger partial charge on any atom is 0.331 e. The van der Waals surface area contributed by atoms with Gasteiger partial charge in [-0.05, 0) is 155 Å². The van der Waals surface area contributed by atoms with Crippen LogP contribution in [-0.2, 0) is 25.5 Å². The summed E-state index contributed by atoms with van der Waals surface area (Å²) in [6, 6.07) is 10.6. The van der Waals surface area contributed by atoms with Crippen molar-refractivity contribution in [1.29, 1.82) is 0 Å². The van der Waals surface area contributed by atoms with Crippen LogP contribution >= 0.6 is 0 Å². The van der Waals surface area contributed by atoms with Crippen molar-refractivity contribution in [3.8, 4) is 11.8 Å². The summed E-state index contributed by atoms with van der Waals surface area (Å²) in [5.74, 6) is 6.27. The third-order valence-corrected chi connectivity index (χ3v) is 18.0. The summed E-state index contributed by atoms with van der Waals surface area (Å²) < 4.78 is 11.9. The number of aliphatic hydroxyl groups excluding tert-OH is 2. The largest absolute Gasteiger partial charge is 0.462 e. The van der Waals surface area contributed by atoms with Gasteiger partial charge in [0.1, 0.15) is 12.7 Å². The van der Waals surface area contributed by atoms with Crippen LogP contribution in [-0.4, -0.2) is 57.8 Å². The lowest BCUT2D eigenvalue weighted by atomic mass is 9.35. The first-order valence-electron chi connectivity index (χ1n) is 23.4. The highest BCUT2D eigenvalue weighted by Gasteiger charge is 2.78. The molecule has 58 heavy (non-hydrogen) atoms. The lowest BCUT2D eigenvalue weighted by molar-refractivity contribution is -0.339. The van der Waals surface area contributed by atoms with Crippen molar-refractivity contribution in [3.63, 3.8) is 0 Å². The first-order valence-corrected chi connectivity index (χ1v) is 23.4. The van der Waals surface area contributed by atoms with Crippen molar-refractivity contribution >= 4 is 11.9 Å². The Balaban J connectivity index is 1.16. The van der Waals surface area contributed by atoms with Gasteiger partial charge in [-0.3, -0.25) is 4.79 Å². The van der Waals surface area contributed by atoms with E-state index in [0.717, 1.165) is 50.5 Å². The molecule has 1 aromatic rings. The molecule has 1 aromatic carbocycles. The molecule has 0 radical (unpaired) electrons. The van der Waals surface area contributed by atoms with Crippen LogP contribution in [0.25, 0.3) is 0 Å². The van der Waals surface area contributed by atoms with E-state index in [1.807, 2.05) is 13.0 Å². The fraction of sp³-hybridized carbons (Fsp3) is 0.765. The molecule has 0 unspecified atom stereocenters. The van der Waals surface area contributed by atoms with Crippen LogP contribution in [0.1, 0.15) is 168 Å². The second-order valence-electron chi connectivity index (χ2n) is 21.3. The lowest BCUT2D eigenvalue weighted by Gasteiger charge is -2.72. The molecule has 0 amide bonds. The smallest absolute Gasteiger partial charge is 0.331 e. The Morgan fingerprint density at radius 2 is 1.62 bits per heavy atom. The van der Waals surface area contributed by atoms with E-state index >= 15 is 0 Å². The van der Waals surface area contributed by atoms with Crippen molar-refractivity contribution in [3.05, 3.63) is 47.5 Å². The molecule has 3 N–H and O–H groups in total. The summed E-state index contributed by atoms with van der Waals surface area (Å²) in [7, 11) is 0. The number of rotatable bonds is 12. The van der Waals surface area contributed by atoms with Crippen molar-refractivity contribution in [1.82, 2.24) is 0 Å². The maximum absolute atomic E-state index is 14.1. The van der Waals surface area contributed by atoms with Crippen molar-refractivity contribution in [2.75, 3.05) is 6.61 Å².